The normalized spacial score (nSPS) is 17.2. The van der Waals surface area contributed by atoms with Crippen LogP contribution in [0.3, 0.4) is 0 Å². The van der Waals surface area contributed by atoms with Crippen molar-refractivity contribution in [3.8, 4) is 0 Å². The highest BCUT2D eigenvalue weighted by molar-refractivity contribution is 5.77. The maximum Gasteiger partial charge on any atom is 0.155 e. The number of aldehydes is 1. The van der Waals surface area contributed by atoms with Crippen LogP contribution in [0.4, 0.5) is 0 Å². The quantitative estimate of drug-likeness (QED) is 0.762. The van der Waals surface area contributed by atoms with Crippen molar-refractivity contribution in [1.29, 1.82) is 0 Å². The van der Waals surface area contributed by atoms with Gasteiger partial charge in [-0.1, -0.05) is 19.3 Å². The fraction of sp³-hybridized carbons (Fsp3) is 0.500. The summed E-state index contributed by atoms with van der Waals surface area (Å²) in [4.78, 5) is 15.5. The Morgan fingerprint density at radius 1 is 1.33 bits per heavy atom. The van der Waals surface area contributed by atoms with Gasteiger partial charge in [0.15, 0.2) is 17.8 Å². The van der Waals surface area contributed by atoms with Crippen molar-refractivity contribution in [2.24, 2.45) is 0 Å². The molecule has 0 unspecified atom stereocenters. The number of hydrogen-bond donors (Lipinski definition) is 0. The molecule has 2 aromatic rings. The van der Waals surface area contributed by atoms with E-state index in [1.807, 2.05) is 13.0 Å². The minimum absolute atomic E-state index is 0.499. The van der Waals surface area contributed by atoms with Crippen molar-refractivity contribution in [2.75, 3.05) is 0 Å². The van der Waals surface area contributed by atoms with Gasteiger partial charge in [-0.2, -0.15) is 5.10 Å². The SMILES string of the molecule is Cc1cc2nc(C3CCCCC3)nn2cc1C=O. The van der Waals surface area contributed by atoms with Crippen molar-refractivity contribution >= 4 is 11.9 Å². The molecule has 1 aliphatic rings. The second kappa shape index (κ2) is 4.52. The summed E-state index contributed by atoms with van der Waals surface area (Å²) < 4.78 is 1.74. The first-order valence-electron chi connectivity index (χ1n) is 6.60. The molecular formula is C14H17N3O. The average molecular weight is 243 g/mol. The van der Waals surface area contributed by atoms with Gasteiger partial charge < -0.3 is 0 Å². The predicted molar refractivity (Wildman–Crippen MR) is 68.9 cm³/mol. The van der Waals surface area contributed by atoms with Crippen LogP contribution < -0.4 is 0 Å². The van der Waals surface area contributed by atoms with E-state index in [0.29, 0.717) is 11.5 Å². The van der Waals surface area contributed by atoms with Crippen molar-refractivity contribution < 1.29 is 4.79 Å². The van der Waals surface area contributed by atoms with Crippen LogP contribution in [0.25, 0.3) is 5.65 Å². The van der Waals surface area contributed by atoms with Gasteiger partial charge in [0.2, 0.25) is 0 Å². The number of aryl methyl sites for hydroxylation is 1. The van der Waals surface area contributed by atoms with Crippen LogP contribution in [0.1, 0.15) is 59.8 Å². The molecule has 0 spiro atoms. The molecular weight excluding hydrogens is 226 g/mol. The number of aromatic nitrogens is 3. The van der Waals surface area contributed by atoms with Gasteiger partial charge in [-0.3, -0.25) is 4.79 Å². The summed E-state index contributed by atoms with van der Waals surface area (Å²) in [5.74, 6) is 1.44. The molecule has 0 N–H and O–H groups in total. The highest BCUT2D eigenvalue weighted by atomic mass is 16.1. The van der Waals surface area contributed by atoms with Gasteiger partial charge in [-0.05, 0) is 31.4 Å². The Hall–Kier alpha value is -1.71. The standard InChI is InChI=1S/C14H17N3O/c1-10-7-13-15-14(11-5-3-2-4-6-11)16-17(13)8-12(10)9-18/h7-9,11H,2-6H2,1H3. The first-order valence-corrected chi connectivity index (χ1v) is 6.60. The van der Waals surface area contributed by atoms with E-state index in [1.54, 1.807) is 10.7 Å². The number of hydrogen-bond acceptors (Lipinski definition) is 3. The molecule has 2 aromatic heterocycles. The molecule has 18 heavy (non-hydrogen) atoms. The number of rotatable bonds is 2. The fourth-order valence-electron chi connectivity index (χ4n) is 2.71. The van der Waals surface area contributed by atoms with Crippen molar-refractivity contribution in [3.05, 3.63) is 29.2 Å². The highest BCUT2D eigenvalue weighted by Crippen LogP contribution is 2.30. The summed E-state index contributed by atoms with van der Waals surface area (Å²) in [5.41, 5.74) is 2.49. The predicted octanol–water partition coefficient (Wildman–Crippen LogP) is 2.90. The summed E-state index contributed by atoms with van der Waals surface area (Å²) in [6.07, 6.45) is 8.91. The number of carbonyl (C=O) groups excluding carboxylic acids is 1. The van der Waals surface area contributed by atoms with Gasteiger partial charge in [-0.25, -0.2) is 9.50 Å². The Kier molecular flexibility index (Phi) is 2.86. The zero-order valence-corrected chi connectivity index (χ0v) is 10.6. The summed E-state index contributed by atoms with van der Waals surface area (Å²) in [7, 11) is 0. The molecule has 1 saturated carbocycles. The molecule has 1 aliphatic carbocycles. The Labute approximate surface area is 106 Å². The van der Waals surface area contributed by atoms with E-state index >= 15 is 0 Å². The first kappa shape index (κ1) is 11.4. The maximum atomic E-state index is 10.9. The van der Waals surface area contributed by atoms with Crippen molar-refractivity contribution in [3.63, 3.8) is 0 Å². The van der Waals surface area contributed by atoms with Gasteiger partial charge in [-0.15, -0.1) is 0 Å². The van der Waals surface area contributed by atoms with Crippen LogP contribution in [0.15, 0.2) is 12.3 Å². The average Bonchev–Trinajstić information content (AvgIpc) is 2.81. The monoisotopic (exact) mass is 243 g/mol. The third-order valence-electron chi connectivity index (χ3n) is 3.83. The van der Waals surface area contributed by atoms with E-state index in [0.717, 1.165) is 23.3 Å². The molecule has 3 rings (SSSR count). The van der Waals surface area contributed by atoms with Crippen LogP contribution in [0.5, 0.6) is 0 Å². The van der Waals surface area contributed by atoms with Crippen LogP contribution in [0, 0.1) is 6.92 Å². The number of carbonyl (C=O) groups is 1. The highest BCUT2D eigenvalue weighted by Gasteiger charge is 2.20. The lowest BCUT2D eigenvalue weighted by molar-refractivity contribution is 0.112. The summed E-state index contributed by atoms with van der Waals surface area (Å²) >= 11 is 0. The van der Waals surface area contributed by atoms with Crippen LogP contribution in [0.2, 0.25) is 0 Å². The second-order valence-electron chi connectivity index (χ2n) is 5.14. The molecule has 0 saturated heterocycles. The molecule has 1 fully saturated rings. The zero-order valence-electron chi connectivity index (χ0n) is 10.6. The van der Waals surface area contributed by atoms with E-state index in [2.05, 4.69) is 10.1 Å². The number of pyridine rings is 1. The smallest absolute Gasteiger partial charge is 0.155 e. The van der Waals surface area contributed by atoms with Gasteiger partial charge in [0.05, 0.1) is 0 Å². The third kappa shape index (κ3) is 1.92. The summed E-state index contributed by atoms with van der Waals surface area (Å²) in [5, 5.41) is 4.53. The Balaban J connectivity index is 2.02. The number of nitrogens with zero attached hydrogens (tertiary/aromatic N) is 3. The Morgan fingerprint density at radius 2 is 2.11 bits per heavy atom. The first-order chi connectivity index (χ1) is 8.78. The lowest BCUT2D eigenvalue weighted by Crippen LogP contribution is -2.06. The van der Waals surface area contributed by atoms with Crippen molar-refractivity contribution in [1.82, 2.24) is 14.6 Å². The molecule has 0 radical (unpaired) electrons. The van der Waals surface area contributed by atoms with E-state index in [4.69, 9.17) is 0 Å². The molecule has 4 heteroatoms. The van der Waals surface area contributed by atoms with E-state index in [1.165, 1.54) is 32.1 Å². The molecule has 2 heterocycles. The largest absolute Gasteiger partial charge is 0.298 e. The summed E-state index contributed by atoms with van der Waals surface area (Å²) in [6, 6.07) is 1.93. The second-order valence-corrected chi connectivity index (χ2v) is 5.14. The third-order valence-corrected chi connectivity index (χ3v) is 3.83. The zero-order chi connectivity index (χ0) is 12.5. The lowest BCUT2D eigenvalue weighted by atomic mass is 9.89. The molecule has 0 aromatic carbocycles. The van der Waals surface area contributed by atoms with Gasteiger partial charge in [0.25, 0.3) is 0 Å². The fourth-order valence-corrected chi connectivity index (χ4v) is 2.71. The molecule has 0 bridgehead atoms. The minimum atomic E-state index is 0.499. The maximum absolute atomic E-state index is 10.9. The van der Waals surface area contributed by atoms with Gasteiger partial charge in [0.1, 0.15) is 0 Å². The van der Waals surface area contributed by atoms with Gasteiger partial charge >= 0.3 is 0 Å². The lowest BCUT2D eigenvalue weighted by Gasteiger charge is -2.17. The van der Waals surface area contributed by atoms with Crippen LogP contribution in [-0.2, 0) is 0 Å². The van der Waals surface area contributed by atoms with E-state index < -0.39 is 0 Å². The topological polar surface area (TPSA) is 47.3 Å². The molecule has 0 atom stereocenters. The molecule has 0 aliphatic heterocycles. The molecule has 0 amide bonds. The van der Waals surface area contributed by atoms with E-state index in [-0.39, 0.29) is 0 Å². The van der Waals surface area contributed by atoms with Crippen LogP contribution >= 0.6 is 0 Å². The Morgan fingerprint density at radius 3 is 2.83 bits per heavy atom. The molecule has 94 valence electrons. The van der Waals surface area contributed by atoms with E-state index in [9.17, 15) is 4.79 Å². The molecule has 4 nitrogen and oxygen atoms in total. The van der Waals surface area contributed by atoms with Gasteiger partial charge in [0, 0.05) is 17.7 Å². The summed E-state index contributed by atoms with van der Waals surface area (Å²) in [6.45, 7) is 1.93. The number of fused-ring (bicyclic) bond motifs is 1. The Bertz CT molecular complexity index is 582. The van der Waals surface area contributed by atoms with Crippen molar-refractivity contribution in [2.45, 2.75) is 44.9 Å². The van der Waals surface area contributed by atoms with Crippen LogP contribution in [-0.4, -0.2) is 20.9 Å². The minimum Gasteiger partial charge on any atom is -0.298 e.